The number of likely N-dealkylation sites (N-methyl/N-ethyl adjacent to an activating group) is 1. The molecule has 1 aromatic carbocycles. The van der Waals surface area contributed by atoms with E-state index in [0.717, 1.165) is 5.56 Å². The van der Waals surface area contributed by atoms with Gasteiger partial charge in [-0.05, 0) is 42.1 Å². The lowest BCUT2D eigenvalue weighted by molar-refractivity contribution is -0.145. The fourth-order valence-electron chi connectivity index (χ4n) is 3.89. The van der Waals surface area contributed by atoms with Crippen molar-refractivity contribution in [1.82, 2.24) is 15.5 Å². The zero-order chi connectivity index (χ0) is 26.3. The zero-order valence-corrected chi connectivity index (χ0v) is 20.5. The van der Waals surface area contributed by atoms with Gasteiger partial charge < -0.3 is 30.7 Å². The van der Waals surface area contributed by atoms with Gasteiger partial charge in [-0.3, -0.25) is 14.5 Å². The van der Waals surface area contributed by atoms with Crippen molar-refractivity contribution >= 4 is 23.8 Å². The van der Waals surface area contributed by atoms with Crippen LogP contribution in [0.25, 0.3) is 0 Å². The summed E-state index contributed by atoms with van der Waals surface area (Å²) in [4.78, 5) is 50.0. The Morgan fingerprint density at radius 1 is 1.11 bits per heavy atom. The molecule has 0 radical (unpaired) electrons. The van der Waals surface area contributed by atoms with Crippen LogP contribution in [0.4, 0.5) is 0 Å². The predicted octanol–water partition coefficient (Wildman–Crippen LogP) is 0.903. The van der Waals surface area contributed by atoms with E-state index in [1.807, 2.05) is 20.8 Å². The number of hydrogen-bond donors (Lipinski definition) is 5. The second kappa shape index (κ2) is 12.0. The van der Waals surface area contributed by atoms with Crippen molar-refractivity contribution in [2.24, 2.45) is 5.41 Å². The number of aromatic hydroxyl groups is 1. The van der Waals surface area contributed by atoms with Gasteiger partial charge in [0.25, 0.3) is 0 Å². The number of phenolic OH excluding ortho intramolecular Hbond substituents is 1. The first kappa shape index (κ1) is 28.1. The van der Waals surface area contributed by atoms with Gasteiger partial charge >= 0.3 is 11.9 Å². The molecule has 2 amide bonds. The third-order valence-electron chi connectivity index (χ3n) is 5.62. The van der Waals surface area contributed by atoms with Gasteiger partial charge in [-0.25, -0.2) is 9.59 Å². The number of carboxylic acids is 2. The van der Waals surface area contributed by atoms with Crippen LogP contribution in [-0.2, 0) is 30.3 Å². The number of nitrogens with zero attached hydrogens (tertiary/aromatic N) is 1. The molecule has 3 unspecified atom stereocenters. The Labute approximate surface area is 204 Å². The van der Waals surface area contributed by atoms with Crippen LogP contribution in [0, 0.1) is 5.41 Å². The molecule has 194 valence electrons. The van der Waals surface area contributed by atoms with Gasteiger partial charge in [-0.15, -0.1) is 0 Å². The largest absolute Gasteiger partial charge is 0.508 e. The molecule has 0 fully saturated rings. The van der Waals surface area contributed by atoms with E-state index < -0.39 is 41.9 Å². The average Bonchev–Trinajstić information content (AvgIpc) is 2.73. The zero-order valence-electron chi connectivity index (χ0n) is 20.5. The first-order valence-electron chi connectivity index (χ1n) is 11.4. The Bertz CT molecular complexity index is 943. The molecule has 35 heavy (non-hydrogen) atoms. The third-order valence-corrected chi connectivity index (χ3v) is 5.62. The SMILES string of the molecule is CN1CCc2cc(O)ccc2C1C(=O)NC(COCCC(NC(=O)CC(C)(C)C)C(=O)O)C(=O)O. The van der Waals surface area contributed by atoms with E-state index in [-0.39, 0.29) is 37.2 Å². The van der Waals surface area contributed by atoms with E-state index in [1.165, 1.54) is 6.07 Å². The summed E-state index contributed by atoms with van der Waals surface area (Å²) in [6.45, 7) is 5.64. The lowest BCUT2D eigenvalue weighted by Gasteiger charge is -2.34. The van der Waals surface area contributed by atoms with Gasteiger partial charge in [0, 0.05) is 26.0 Å². The molecular formula is C24H35N3O8. The molecule has 2 rings (SSSR count). The molecule has 5 N–H and O–H groups in total. The Morgan fingerprint density at radius 2 is 1.77 bits per heavy atom. The van der Waals surface area contributed by atoms with Gasteiger partial charge in [0.2, 0.25) is 11.8 Å². The second-order valence-electron chi connectivity index (χ2n) is 9.98. The first-order valence-corrected chi connectivity index (χ1v) is 11.4. The van der Waals surface area contributed by atoms with Crippen LogP contribution < -0.4 is 10.6 Å². The molecule has 11 heteroatoms. The highest BCUT2D eigenvalue weighted by Gasteiger charge is 2.33. The van der Waals surface area contributed by atoms with E-state index in [9.17, 15) is 34.5 Å². The Hall–Kier alpha value is -3.18. The van der Waals surface area contributed by atoms with E-state index >= 15 is 0 Å². The smallest absolute Gasteiger partial charge is 0.328 e. The molecule has 1 aliphatic heterocycles. The summed E-state index contributed by atoms with van der Waals surface area (Å²) in [5.41, 5.74) is 1.21. The monoisotopic (exact) mass is 493 g/mol. The number of hydrogen-bond acceptors (Lipinski definition) is 7. The highest BCUT2D eigenvalue weighted by molar-refractivity contribution is 5.88. The molecule has 0 aliphatic carbocycles. The fourth-order valence-corrected chi connectivity index (χ4v) is 3.89. The van der Waals surface area contributed by atoms with Crippen molar-refractivity contribution in [3.63, 3.8) is 0 Å². The van der Waals surface area contributed by atoms with Gasteiger partial charge in [-0.1, -0.05) is 26.8 Å². The minimum absolute atomic E-state index is 0.0618. The molecule has 1 heterocycles. The Balaban J connectivity index is 1.93. The summed E-state index contributed by atoms with van der Waals surface area (Å²) >= 11 is 0. The van der Waals surface area contributed by atoms with Crippen molar-refractivity contribution in [3.8, 4) is 5.75 Å². The maximum Gasteiger partial charge on any atom is 0.328 e. The number of carboxylic acid groups (broad SMARTS) is 2. The molecule has 1 aromatic rings. The summed E-state index contributed by atoms with van der Waals surface area (Å²) < 4.78 is 5.36. The number of rotatable bonds is 11. The van der Waals surface area contributed by atoms with Gasteiger partial charge in [-0.2, -0.15) is 0 Å². The number of carbonyl (C=O) groups is 4. The number of fused-ring (bicyclic) bond motifs is 1. The van der Waals surface area contributed by atoms with E-state index in [1.54, 1.807) is 24.1 Å². The minimum Gasteiger partial charge on any atom is -0.508 e. The fraction of sp³-hybridized carbons (Fsp3) is 0.583. The van der Waals surface area contributed by atoms with Crippen LogP contribution in [0.5, 0.6) is 5.75 Å². The summed E-state index contributed by atoms with van der Waals surface area (Å²) in [7, 11) is 1.76. The van der Waals surface area contributed by atoms with Crippen molar-refractivity contribution in [3.05, 3.63) is 29.3 Å². The second-order valence-corrected chi connectivity index (χ2v) is 9.98. The van der Waals surface area contributed by atoms with Crippen molar-refractivity contribution in [1.29, 1.82) is 0 Å². The van der Waals surface area contributed by atoms with Crippen LogP contribution in [-0.4, -0.2) is 82.9 Å². The standard InChI is InChI=1S/C24H35N3O8/c1-24(2,3)12-19(29)25-17(22(31)32)8-10-35-13-18(23(33)34)26-21(30)20-16-6-5-15(28)11-14(16)7-9-27(20)4/h5-6,11,17-18,20,28H,7-10,12-13H2,1-4H3,(H,25,29)(H,26,30)(H,31,32)(H,33,34). The van der Waals surface area contributed by atoms with E-state index in [4.69, 9.17) is 4.74 Å². The van der Waals surface area contributed by atoms with Crippen LogP contribution in [0.2, 0.25) is 0 Å². The van der Waals surface area contributed by atoms with E-state index in [2.05, 4.69) is 10.6 Å². The number of carbonyl (C=O) groups excluding carboxylic acids is 2. The summed E-state index contributed by atoms with van der Waals surface area (Å²) in [5.74, 6) is -3.34. The highest BCUT2D eigenvalue weighted by atomic mass is 16.5. The molecule has 11 nitrogen and oxygen atoms in total. The maximum absolute atomic E-state index is 13.0. The molecular weight excluding hydrogens is 458 g/mol. The summed E-state index contributed by atoms with van der Waals surface area (Å²) in [6, 6.07) is 1.48. The topological polar surface area (TPSA) is 165 Å². The maximum atomic E-state index is 13.0. The normalized spacial score (nSPS) is 17.7. The average molecular weight is 494 g/mol. The Kier molecular flexibility index (Phi) is 9.61. The molecule has 0 bridgehead atoms. The molecule has 3 atom stereocenters. The summed E-state index contributed by atoms with van der Waals surface area (Å²) in [5, 5.41) is 33.6. The quantitative estimate of drug-likeness (QED) is 0.282. The molecule has 0 saturated carbocycles. The van der Waals surface area contributed by atoms with Crippen LogP contribution in [0.3, 0.4) is 0 Å². The van der Waals surface area contributed by atoms with Gasteiger partial charge in [0.05, 0.1) is 6.61 Å². The van der Waals surface area contributed by atoms with Crippen molar-refractivity contribution in [2.45, 2.75) is 58.2 Å². The Morgan fingerprint density at radius 3 is 2.37 bits per heavy atom. The number of amides is 2. The molecule has 0 aromatic heterocycles. The number of phenols is 1. The van der Waals surface area contributed by atoms with E-state index in [0.29, 0.717) is 18.5 Å². The number of nitrogens with one attached hydrogen (secondary N) is 2. The number of ether oxygens (including phenoxy) is 1. The first-order chi connectivity index (χ1) is 16.3. The molecule has 1 aliphatic rings. The van der Waals surface area contributed by atoms with Crippen LogP contribution in [0.1, 0.15) is 50.8 Å². The number of aliphatic carboxylic acids is 2. The summed E-state index contributed by atoms with van der Waals surface area (Å²) in [6.07, 6.45) is 0.739. The predicted molar refractivity (Wildman–Crippen MR) is 126 cm³/mol. The third kappa shape index (κ3) is 8.52. The minimum atomic E-state index is -1.35. The molecule has 0 saturated heterocycles. The van der Waals surface area contributed by atoms with Crippen molar-refractivity contribution < 1.29 is 39.2 Å². The lowest BCUT2D eigenvalue weighted by Crippen LogP contribution is -2.50. The van der Waals surface area contributed by atoms with Crippen LogP contribution in [0.15, 0.2) is 18.2 Å². The van der Waals surface area contributed by atoms with Gasteiger partial charge in [0.15, 0.2) is 6.04 Å². The number of benzene rings is 1. The van der Waals surface area contributed by atoms with Gasteiger partial charge in [0.1, 0.15) is 17.8 Å². The van der Waals surface area contributed by atoms with Crippen molar-refractivity contribution in [2.75, 3.05) is 26.8 Å². The molecule has 0 spiro atoms. The van der Waals surface area contributed by atoms with Crippen LogP contribution >= 0.6 is 0 Å². The lowest BCUT2D eigenvalue weighted by atomic mass is 9.92. The highest BCUT2D eigenvalue weighted by Crippen LogP contribution is 2.31.